The maximum absolute atomic E-state index is 6.89. The smallest absolute Gasteiger partial charge is 0.212 e. The Bertz CT molecular complexity index is 1260. The standard InChI is InChI=1S/C25H32N8O2/c1-5-35-21-13-17(24-32-31-16(3)33(24)4)6-7-20(21)25(26)27-14-18-12-15(2)28-23(22(18)30-25)29-19-8-10-34-11-9-19/h6-7,12-14,19,30H,5,8-11,26H2,1-4H3,(H,28,29). The summed E-state index contributed by atoms with van der Waals surface area (Å²) in [4.78, 5) is 9.51. The van der Waals surface area contributed by atoms with Crippen molar-refractivity contribution in [1.82, 2.24) is 19.7 Å². The molecule has 1 aromatic carbocycles. The molecule has 1 saturated heterocycles. The number of hydrogen-bond acceptors (Lipinski definition) is 9. The van der Waals surface area contributed by atoms with Gasteiger partial charge in [-0.25, -0.2) is 9.98 Å². The average molecular weight is 477 g/mol. The summed E-state index contributed by atoms with van der Waals surface area (Å²) in [7, 11) is 1.94. The Hall–Kier alpha value is -3.50. The highest BCUT2D eigenvalue weighted by Crippen LogP contribution is 2.39. The maximum Gasteiger partial charge on any atom is 0.212 e. The van der Waals surface area contributed by atoms with Gasteiger partial charge in [-0.3, -0.25) is 5.73 Å². The first-order valence-corrected chi connectivity index (χ1v) is 12.0. The van der Waals surface area contributed by atoms with Crippen molar-refractivity contribution in [3.05, 3.63) is 46.9 Å². The minimum absolute atomic E-state index is 0.295. The fourth-order valence-electron chi connectivity index (χ4n) is 4.51. The number of benzene rings is 1. The largest absolute Gasteiger partial charge is 0.493 e. The van der Waals surface area contributed by atoms with Crippen LogP contribution in [0.25, 0.3) is 11.4 Å². The van der Waals surface area contributed by atoms with Crippen molar-refractivity contribution < 1.29 is 9.47 Å². The number of aromatic nitrogens is 4. The van der Waals surface area contributed by atoms with Crippen LogP contribution in [0, 0.1) is 13.8 Å². The molecule has 0 amide bonds. The number of aryl methyl sites for hydroxylation is 2. The fourth-order valence-corrected chi connectivity index (χ4v) is 4.51. The molecule has 0 saturated carbocycles. The van der Waals surface area contributed by atoms with Crippen molar-refractivity contribution in [2.24, 2.45) is 17.8 Å². The lowest BCUT2D eigenvalue weighted by Gasteiger charge is -2.34. The summed E-state index contributed by atoms with van der Waals surface area (Å²) >= 11 is 0. The van der Waals surface area contributed by atoms with E-state index in [0.29, 0.717) is 18.4 Å². The van der Waals surface area contributed by atoms with Crippen molar-refractivity contribution >= 4 is 17.7 Å². The highest BCUT2D eigenvalue weighted by atomic mass is 16.5. The minimum atomic E-state index is -1.23. The van der Waals surface area contributed by atoms with Gasteiger partial charge in [0.2, 0.25) is 5.79 Å². The number of rotatable bonds is 6. The normalized spacial score (nSPS) is 19.8. The first-order valence-electron chi connectivity index (χ1n) is 12.0. The molecule has 0 aliphatic carbocycles. The van der Waals surface area contributed by atoms with Gasteiger partial charge in [-0.15, -0.1) is 10.2 Å². The second-order valence-corrected chi connectivity index (χ2v) is 9.03. The van der Waals surface area contributed by atoms with E-state index in [0.717, 1.165) is 71.6 Å². The Labute approximate surface area is 205 Å². The molecule has 10 nitrogen and oxygen atoms in total. The van der Waals surface area contributed by atoms with Crippen LogP contribution in [0.1, 0.15) is 42.4 Å². The van der Waals surface area contributed by atoms with Gasteiger partial charge in [0, 0.05) is 49.3 Å². The van der Waals surface area contributed by atoms with Gasteiger partial charge in [0.1, 0.15) is 11.6 Å². The lowest BCUT2D eigenvalue weighted by molar-refractivity contribution is 0.0904. The SMILES string of the molecule is CCOc1cc(-c2nnc(C)n2C)ccc1C1(N)N=Cc2cc(C)nc(NC3CCOCC3)c2N1. The molecule has 35 heavy (non-hydrogen) atoms. The molecule has 184 valence electrons. The van der Waals surface area contributed by atoms with Gasteiger partial charge in [0.05, 0.1) is 17.9 Å². The van der Waals surface area contributed by atoms with E-state index in [-0.39, 0.29) is 0 Å². The summed E-state index contributed by atoms with van der Waals surface area (Å²) in [5, 5.41) is 15.5. The Morgan fingerprint density at radius 3 is 2.74 bits per heavy atom. The highest BCUT2D eigenvalue weighted by molar-refractivity contribution is 5.94. The zero-order valence-corrected chi connectivity index (χ0v) is 20.6. The molecule has 2 aliphatic heterocycles. The van der Waals surface area contributed by atoms with Gasteiger partial charge in [0.25, 0.3) is 0 Å². The van der Waals surface area contributed by atoms with Crippen molar-refractivity contribution in [2.75, 3.05) is 30.5 Å². The lowest BCUT2D eigenvalue weighted by atomic mass is 10.0. The zero-order valence-electron chi connectivity index (χ0n) is 20.6. The van der Waals surface area contributed by atoms with Crippen molar-refractivity contribution in [3.63, 3.8) is 0 Å². The first kappa shape index (κ1) is 23.3. The molecule has 0 spiro atoms. The number of pyridine rings is 1. The second kappa shape index (κ2) is 9.27. The molecule has 2 aliphatic rings. The Morgan fingerprint density at radius 1 is 1.23 bits per heavy atom. The van der Waals surface area contributed by atoms with E-state index in [1.807, 2.05) is 62.9 Å². The predicted molar refractivity (Wildman–Crippen MR) is 136 cm³/mol. The number of nitrogens with zero attached hydrogens (tertiary/aromatic N) is 5. The van der Waals surface area contributed by atoms with E-state index in [9.17, 15) is 0 Å². The molecule has 2 aromatic heterocycles. The van der Waals surface area contributed by atoms with E-state index in [2.05, 4.69) is 20.8 Å². The zero-order chi connectivity index (χ0) is 24.6. The number of nitrogens with two attached hydrogens (primary N) is 1. The molecule has 4 heterocycles. The van der Waals surface area contributed by atoms with E-state index >= 15 is 0 Å². The summed E-state index contributed by atoms with van der Waals surface area (Å²) in [6.07, 6.45) is 3.68. The number of ether oxygens (including phenoxy) is 2. The van der Waals surface area contributed by atoms with Crippen LogP contribution in [0.15, 0.2) is 29.3 Å². The molecule has 1 fully saturated rings. The summed E-state index contributed by atoms with van der Waals surface area (Å²) < 4.78 is 13.5. The molecule has 10 heteroatoms. The van der Waals surface area contributed by atoms with Crippen molar-refractivity contribution in [1.29, 1.82) is 0 Å². The summed E-state index contributed by atoms with van der Waals surface area (Å²) in [6, 6.07) is 8.15. The molecule has 3 aromatic rings. The van der Waals surface area contributed by atoms with Gasteiger partial charge in [0.15, 0.2) is 11.6 Å². The van der Waals surface area contributed by atoms with Gasteiger partial charge in [-0.2, -0.15) is 0 Å². The third kappa shape index (κ3) is 4.46. The molecule has 0 radical (unpaired) electrons. The second-order valence-electron chi connectivity index (χ2n) is 9.03. The molecular weight excluding hydrogens is 444 g/mol. The van der Waals surface area contributed by atoms with E-state index in [4.69, 9.17) is 25.2 Å². The molecule has 0 bridgehead atoms. The fraction of sp³-hybridized carbons (Fsp3) is 0.440. The van der Waals surface area contributed by atoms with Crippen LogP contribution in [0.5, 0.6) is 5.75 Å². The number of nitrogens with one attached hydrogen (secondary N) is 2. The van der Waals surface area contributed by atoms with Crippen LogP contribution in [-0.2, 0) is 17.6 Å². The summed E-state index contributed by atoms with van der Waals surface area (Å²) in [5.74, 6) is 1.78. The monoisotopic (exact) mass is 476 g/mol. The van der Waals surface area contributed by atoms with Crippen LogP contribution in [-0.4, -0.2) is 51.8 Å². The van der Waals surface area contributed by atoms with Crippen molar-refractivity contribution in [2.45, 2.75) is 45.4 Å². The van der Waals surface area contributed by atoms with Gasteiger partial charge < -0.3 is 24.7 Å². The van der Waals surface area contributed by atoms with Crippen LogP contribution < -0.4 is 21.1 Å². The van der Waals surface area contributed by atoms with Gasteiger partial charge in [-0.1, -0.05) is 6.07 Å². The van der Waals surface area contributed by atoms with E-state index in [1.165, 1.54) is 0 Å². The van der Waals surface area contributed by atoms with Gasteiger partial charge in [-0.05, 0) is 51.8 Å². The average Bonchev–Trinajstić information content (AvgIpc) is 3.18. The van der Waals surface area contributed by atoms with Gasteiger partial charge >= 0.3 is 0 Å². The Balaban J connectivity index is 1.52. The minimum Gasteiger partial charge on any atom is -0.493 e. The molecule has 5 rings (SSSR count). The number of fused-ring (bicyclic) bond motifs is 1. The van der Waals surface area contributed by atoms with E-state index in [1.54, 1.807) is 0 Å². The van der Waals surface area contributed by atoms with Crippen LogP contribution in [0.4, 0.5) is 11.5 Å². The molecule has 1 unspecified atom stereocenters. The van der Waals surface area contributed by atoms with Crippen molar-refractivity contribution in [3.8, 4) is 17.1 Å². The predicted octanol–water partition coefficient (Wildman–Crippen LogP) is 3.10. The molecule has 4 N–H and O–H groups in total. The Kier molecular flexibility index (Phi) is 6.16. The number of anilines is 2. The van der Waals surface area contributed by atoms with Crippen LogP contribution in [0.3, 0.4) is 0 Å². The van der Waals surface area contributed by atoms with Crippen LogP contribution in [0.2, 0.25) is 0 Å². The number of hydrogen-bond donors (Lipinski definition) is 3. The lowest BCUT2D eigenvalue weighted by Crippen LogP contribution is -2.45. The summed E-state index contributed by atoms with van der Waals surface area (Å²) in [6.45, 7) is 7.83. The number of aliphatic imine (C=N–C) groups is 1. The van der Waals surface area contributed by atoms with Crippen LogP contribution >= 0.6 is 0 Å². The topological polar surface area (TPSA) is 125 Å². The third-order valence-corrected chi connectivity index (χ3v) is 6.51. The summed E-state index contributed by atoms with van der Waals surface area (Å²) in [5.41, 5.74) is 11.2. The third-order valence-electron chi connectivity index (χ3n) is 6.51. The quantitative estimate of drug-likeness (QED) is 0.496. The first-order chi connectivity index (χ1) is 16.9. The van der Waals surface area contributed by atoms with E-state index < -0.39 is 5.79 Å². The Morgan fingerprint density at radius 2 is 2.03 bits per heavy atom. The highest BCUT2D eigenvalue weighted by Gasteiger charge is 2.35. The molecule has 1 atom stereocenters. The maximum atomic E-state index is 6.89. The molecular formula is C25H32N8O2.